The Hall–Kier alpha value is -2.84. The Bertz CT molecular complexity index is 704. The zero-order chi connectivity index (χ0) is 16.3. The molecular weight excluding hydrogens is 305 g/mol. The Morgan fingerprint density at radius 2 is 1.95 bits per heavy atom. The molecule has 0 radical (unpaired) electrons. The Morgan fingerprint density at radius 3 is 2.55 bits per heavy atom. The minimum absolute atomic E-state index is 0.0457. The summed E-state index contributed by atoms with van der Waals surface area (Å²) in [5.74, 6) is -0.715. The molecule has 9 heteroatoms. The molecule has 0 N–H and O–H groups in total. The first-order valence-corrected chi connectivity index (χ1v) is 5.86. The number of pyridine rings is 1. The number of halogens is 3. The van der Waals surface area contributed by atoms with Crippen LogP contribution in [0.5, 0.6) is 11.5 Å². The number of rotatable bonds is 4. The van der Waals surface area contributed by atoms with Crippen molar-refractivity contribution in [2.24, 2.45) is 0 Å². The number of benzene rings is 1. The summed E-state index contributed by atoms with van der Waals surface area (Å²) in [4.78, 5) is 13.8. The van der Waals surface area contributed by atoms with Crippen LogP contribution in [0, 0.1) is 10.1 Å². The van der Waals surface area contributed by atoms with Gasteiger partial charge in [0.2, 0.25) is 5.69 Å². The molecule has 0 saturated carbocycles. The van der Waals surface area contributed by atoms with Gasteiger partial charge >= 0.3 is 12.2 Å². The van der Waals surface area contributed by atoms with Crippen molar-refractivity contribution in [3.8, 4) is 22.8 Å². The second-order valence-corrected chi connectivity index (χ2v) is 4.05. The van der Waals surface area contributed by atoms with E-state index in [0.29, 0.717) is 0 Å². The number of alkyl halides is 3. The molecule has 0 bridgehead atoms. The zero-order valence-electron chi connectivity index (χ0n) is 11.1. The summed E-state index contributed by atoms with van der Waals surface area (Å²) < 4.78 is 45.6. The van der Waals surface area contributed by atoms with Crippen molar-refractivity contribution in [3.05, 3.63) is 46.5 Å². The normalized spacial score (nSPS) is 11.1. The van der Waals surface area contributed by atoms with Crippen molar-refractivity contribution in [1.82, 2.24) is 4.98 Å². The van der Waals surface area contributed by atoms with Gasteiger partial charge in [0, 0.05) is 11.6 Å². The number of hydrogen-bond acceptors (Lipinski definition) is 5. The molecular formula is C13H9F3N2O4. The van der Waals surface area contributed by atoms with Crippen molar-refractivity contribution < 1.29 is 27.6 Å². The zero-order valence-corrected chi connectivity index (χ0v) is 11.1. The molecule has 116 valence electrons. The topological polar surface area (TPSA) is 74.5 Å². The van der Waals surface area contributed by atoms with Gasteiger partial charge < -0.3 is 19.6 Å². The van der Waals surface area contributed by atoms with Crippen LogP contribution < -0.4 is 9.47 Å². The van der Waals surface area contributed by atoms with Crippen molar-refractivity contribution in [2.75, 3.05) is 7.11 Å². The summed E-state index contributed by atoms with van der Waals surface area (Å²) in [5.41, 5.74) is 0.242. The van der Waals surface area contributed by atoms with E-state index in [1.54, 1.807) is 0 Å². The maximum atomic E-state index is 12.2. The van der Waals surface area contributed by atoms with Gasteiger partial charge in [-0.1, -0.05) is 12.1 Å². The minimum atomic E-state index is -4.83. The third-order valence-electron chi connectivity index (χ3n) is 2.59. The van der Waals surface area contributed by atoms with Crippen LogP contribution in [0.3, 0.4) is 0 Å². The molecule has 0 aliphatic carbocycles. The van der Waals surface area contributed by atoms with E-state index in [9.17, 15) is 23.3 Å². The van der Waals surface area contributed by atoms with Gasteiger partial charge in [-0.2, -0.15) is 0 Å². The third-order valence-corrected chi connectivity index (χ3v) is 2.59. The first-order chi connectivity index (χ1) is 10.3. The first kappa shape index (κ1) is 15.5. The number of ether oxygens (including phenoxy) is 2. The SMILES string of the molecule is COc1ccc([N+](=O)[O-])nc1-c1cccc(OC(F)(F)F)c1. The molecule has 2 aromatic rings. The predicted molar refractivity (Wildman–Crippen MR) is 69.6 cm³/mol. The summed E-state index contributed by atoms with van der Waals surface area (Å²) in [6.45, 7) is 0. The van der Waals surface area contributed by atoms with E-state index >= 15 is 0 Å². The summed E-state index contributed by atoms with van der Waals surface area (Å²) in [6.07, 6.45) is -4.83. The molecule has 0 fully saturated rings. The molecule has 0 saturated heterocycles. The average molecular weight is 314 g/mol. The van der Waals surface area contributed by atoms with Gasteiger partial charge in [0.05, 0.1) is 7.11 Å². The van der Waals surface area contributed by atoms with Crippen molar-refractivity contribution in [1.29, 1.82) is 0 Å². The Labute approximate surface area is 122 Å². The highest BCUT2D eigenvalue weighted by Crippen LogP contribution is 2.33. The van der Waals surface area contributed by atoms with Gasteiger partial charge in [-0.15, -0.1) is 13.2 Å². The van der Waals surface area contributed by atoms with Crippen molar-refractivity contribution in [3.63, 3.8) is 0 Å². The molecule has 0 aliphatic heterocycles. The second kappa shape index (κ2) is 5.88. The van der Waals surface area contributed by atoms with E-state index in [1.807, 2.05) is 0 Å². The summed E-state index contributed by atoms with van der Waals surface area (Å²) in [5, 5.41) is 10.8. The molecule has 0 unspecified atom stereocenters. The lowest BCUT2D eigenvalue weighted by Crippen LogP contribution is -2.17. The number of nitrogens with zero attached hydrogens (tertiary/aromatic N) is 2. The van der Waals surface area contributed by atoms with Crippen LogP contribution in [0.25, 0.3) is 11.3 Å². The summed E-state index contributed by atoms with van der Waals surface area (Å²) in [6, 6.07) is 7.40. The van der Waals surface area contributed by atoms with E-state index in [4.69, 9.17) is 4.74 Å². The van der Waals surface area contributed by atoms with Gasteiger partial charge in [0.1, 0.15) is 5.75 Å². The Balaban J connectivity index is 2.48. The lowest BCUT2D eigenvalue weighted by Gasteiger charge is -2.10. The summed E-state index contributed by atoms with van der Waals surface area (Å²) >= 11 is 0. The van der Waals surface area contributed by atoms with Crippen LogP contribution in [0.4, 0.5) is 19.0 Å². The van der Waals surface area contributed by atoms with E-state index in [1.165, 1.54) is 25.3 Å². The van der Waals surface area contributed by atoms with Crippen LogP contribution in [0.15, 0.2) is 36.4 Å². The maximum Gasteiger partial charge on any atom is 0.573 e. The molecule has 0 aliphatic rings. The van der Waals surface area contributed by atoms with Crippen LogP contribution >= 0.6 is 0 Å². The highest BCUT2D eigenvalue weighted by atomic mass is 19.4. The van der Waals surface area contributed by atoms with E-state index in [0.717, 1.165) is 18.2 Å². The quantitative estimate of drug-likeness (QED) is 0.637. The fourth-order valence-electron chi connectivity index (χ4n) is 1.75. The van der Waals surface area contributed by atoms with E-state index < -0.39 is 22.9 Å². The predicted octanol–water partition coefficient (Wildman–Crippen LogP) is 3.56. The Kier molecular flexibility index (Phi) is 4.15. The Morgan fingerprint density at radius 1 is 1.23 bits per heavy atom. The lowest BCUT2D eigenvalue weighted by atomic mass is 10.1. The molecule has 0 amide bonds. The van der Waals surface area contributed by atoms with Crippen LogP contribution in [0.1, 0.15) is 0 Å². The highest BCUT2D eigenvalue weighted by Gasteiger charge is 2.31. The maximum absolute atomic E-state index is 12.2. The fraction of sp³-hybridized carbons (Fsp3) is 0.154. The highest BCUT2D eigenvalue weighted by molar-refractivity contribution is 5.68. The van der Waals surface area contributed by atoms with Gasteiger partial charge in [-0.05, 0) is 28.1 Å². The monoisotopic (exact) mass is 314 g/mol. The number of hydrogen-bond donors (Lipinski definition) is 0. The van der Waals surface area contributed by atoms with Crippen LogP contribution in [-0.2, 0) is 0 Å². The van der Waals surface area contributed by atoms with Gasteiger partial charge in [-0.25, -0.2) is 0 Å². The third kappa shape index (κ3) is 3.62. The molecule has 0 atom stereocenters. The van der Waals surface area contributed by atoms with Crippen molar-refractivity contribution in [2.45, 2.75) is 6.36 Å². The van der Waals surface area contributed by atoms with Crippen LogP contribution in [-0.4, -0.2) is 23.4 Å². The molecule has 6 nitrogen and oxygen atoms in total. The van der Waals surface area contributed by atoms with E-state index in [-0.39, 0.29) is 17.0 Å². The number of aromatic nitrogens is 1. The second-order valence-electron chi connectivity index (χ2n) is 4.05. The summed E-state index contributed by atoms with van der Waals surface area (Å²) in [7, 11) is 1.32. The molecule has 1 aromatic carbocycles. The average Bonchev–Trinajstić information content (AvgIpc) is 2.45. The van der Waals surface area contributed by atoms with Crippen LogP contribution in [0.2, 0.25) is 0 Å². The standard InChI is InChI=1S/C13H9F3N2O4/c1-21-10-5-6-11(18(19)20)17-12(10)8-3-2-4-9(7-8)22-13(14,15)16/h2-7H,1H3. The van der Waals surface area contributed by atoms with Gasteiger partial charge in [0.15, 0.2) is 5.75 Å². The fourth-order valence-corrected chi connectivity index (χ4v) is 1.75. The number of methoxy groups -OCH3 is 1. The lowest BCUT2D eigenvalue weighted by molar-refractivity contribution is -0.389. The minimum Gasteiger partial charge on any atom is -0.492 e. The molecule has 1 heterocycles. The molecule has 1 aromatic heterocycles. The largest absolute Gasteiger partial charge is 0.573 e. The molecule has 0 spiro atoms. The molecule has 2 rings (SSSR count). The van der Waals surface area contributed by atoms with Gasteiger partial charge in [-0.3, -0.25) is 0 Å². The first-order valence-electron chi connectivity index (χ1n) is 5.86. The van der Waals surface area contributed by atoms with Gasteiger partial charge in [0.25, 0.3) is 0 Å². The van der Waals surface area contributed by atoms with E-state index in [2.05, 4.69) is 9.72 Å². The smallest absolute Gasteiger partial charge is 0.492 e. The number of nitro groups is 1. The molecule has 22 heavy (non-hydrogen) atoms. The van der Waals surface area contributed by atoms with Crippen molar-refractivity contribution >= 4 is 5.82 Å².